The largest absolute Gasteiger partial charge is 0.366 e. The van der Waals surface area contributed by atoms with Gasteiger partial charge in [0.25, 0.3) is 5.91 Å². The Hall–Kier alpha value is -2.14. The van der Waals surface area contributed by atoms with Crippen molar-refractivity contribution < 1.29 is 4.79 Å². The lowest BCUT2D eigenvalue weighted by Gasteiger charge is -2.08. The number of amides is 1. The third kappa shape index (κ3) is 1.80. The first kappa shape index (κ1) is 10.4. The Morgan fingerprint density at radius 2 is 2.25 bits per heavy atom. The number of carbonyl (C=O) groups is 1. The number of benzene rings is 1. The Labute approximate surface area is 92.7 Å². The van der Waals surface area contributed by atoms with Gasteiger partial charge in [-0.1, -0.05) is 6.07 Å². The molecule has 2 rings (SSSR count). The number of primary amides is 1. The van der Waals surface area contributed by atoms with Crippen molar-refractivity contribution >= 4 is 5.91 Å². The maximum absolute atomic E-state index is 11.3. The number of hydrogen-bond acceptors (Lipinski definition) is 3. The van der Waals surface area contributed by atoms with E-state index in [1.807, 2.05) is 12.1 Å². The minimum Gasteiger partial charge on any atom is -0.366 e. The zero-order chi connectivity index (χ0) is 11.5. The minimum atomic E-state index is -0.473. The average molecular weight is 216 g/mol. The lowest BCUT2D eigenvalue weighted by atomic mass is 10.1. The van der Waals surface area contributed by atoms with Crippen LogP contribution in [0.25, 0.3) is 5.69 Å². The van der Waals surface area contributed by atoms with Gasteiger partial charge in [0.05, 0.1) is 17.6 Å². The van der Waals surface area contributed by atoms with Crippen LogP contribution in [0.2, 0.25) is 0 Å². The third-order valence-corrected chi connectivity index (χ3v) is 2.34. The van der Waals surface area contributed by atoms with Gasteiger partial charge in [0, 0.05) is 18.9 Å². The molecule has 1 aromatic carbocycles. The van der Waals surface area contributed by atoms with E-state index in [0.717, 1.165) is 5.56 Å². The van der Waals surface area contributed by atoms with Crippen LogP contribution in [0.4, 0.5) is 0 Å². The van der Waals surface area contributed by atoms with Crippen LogP contribution in [-0.4, -0.2) is 15.5 Å². The van der Waals surface area contributed by atoms with Crippen LogP contribution in [0, 0.1) is 0 Å². The summed E-state index contributed by atoms with van der Waals surface area (Å²) in [6.45, 7) is 0.379. The summed E-state index contributed by atoms with van der Waals surface area (Å²) in [5.74, 6) is -0.473. The fourth-order valence-corrected chi connectivity index (χ4v) is 1.53. The van der Waals surface area contributed by atoms with Crippen LogP contribution in [0.3, 0.4) is 0 Å². The highest BCUT2D eigenvalue weighted by Gasteiger charge is 2.10. The van der Waals surface area contributed by atoms with Gasteiger partial charge in [-0.25, -0.2) is 4.98 Å². The van der Waals surface area contributed by atoms with Gasteiger partial charge in [-0.15, -0.1) is 0 Å². The molecule has 82 valence electrons. The lowest BCUT2D eigenvalue weighted by molar-refractivity contribution is 0.1000. The molecule has 0 bridgehead atoms. The normalized spacial score (nSPS) is 10.3. The number of nitrogens with zero attached hydrogens (tertiary/aromatic N) is 2. The Morgan fingerprint density at radius 1 is 1.44 bits per heavy atom. The zero-order valence-corrected chi connectivity index (χ0v) is 8.63. The molecule has 0 aliphatic carbocycles. The number of hydrogen-bond donors (Lipinski definition) is 2. The molecule has 5 heteroatoms. The molecule has 0 radical (unpaired) electrons. The molecular formula is C11H12N4O. The first-order valence-electron chi connectivity index (χ1n) is 4.83. The van der Waals surface area contributed by atoms with Crippen LogP contribution >= 0.6 is 0 Å². The van der Waals surface area contributed by atoms with Crippen molar-refractivity contribution in [2.45, 2.75) is 6.54 Å². The molecule has 0 unspecified atom stereocenters. The summed E-state index contributed by atoms with van der Waals surface area (Å²) in [7, 11) is 0. The lowest BCUT2D eigenvalue weighted by Crippen LogP contribution is -2.15. The van der Waals surface area contributed by atoms with Crippen LogP contribution in [0.5, 0.6) is 0 Å². The summed E-state index contributed by atoms with van der Waals surface area (Å²) in [4.78, 5) is 15.3. The predicted molar refractivity (Wildman–Crippen MR) is 60.0 cm³/mol. The fourth-order valence-electron chi connectivity index (χ4n) is 1.53. The molecule has 0 fully saturated rings. The van der Waals surface area contributed by atoms with Gasteiger partial charge in [0.1, 0.15) is 0 Å². The topological polar surface area (TPSA) is 86.9 Å². The zero-order valence-electron chi connectivity index (χ0n) is 8.63. The van der Waals surface area contributed by atoms with Crippen molar-refractivity contribution in [1.82, 2.24) is 9.55 Å². The van der Waals surface area contributed by atoms with Gasteiger partial charge in [0.2, 0.25) is 0 Å². The number of aromatic nitrogens is 2. The number of carbonyl (C=O) groups excluding carboxylic acids is 1. The molecule has 1 amide bonds. The molecule has 0 saturated carbocycles. The molecule has 0 spiro atoms. The van der Waals surface area contributed by atoms with E-state index in [-0.39, 0.29) is 0 Å². The smallest absolute Gasteiger partial charge is 0.250 e. The van der Waals surface area contributed by atoms with Crippen LogP contribution in [-0.2, 0) is 6.54 Å². The van der Waals surface area contributed by atoms with E-state index in [1.165, 1.54) is 0 Å². The summed E-state index contributed by atoms with van der Waals surface area (Å²) >= 11 is 0. The number of rotatable bonds is 3. The van der Waals surface area contributed by atoms with Gasteiger partial charge in [-0.3, -0.25) is 4.79 Å². The molecule has 0 saturated heterocycles. The Bertz CT molecular complexity index is 505. The quantitative estimate of drug-likeness (QED) is 0.780. The summed E-state index contributed by atoms with van der Waals surface area (Å²) in [5, 5.41) is 0. The van der Waals surface area contributed by atoms with Crippen LogP contribution in [0.1, 0.15) is 15.9 Å². The van der Waals surface area contributed by atoms with E-state index in [9.17, 15) is 4.79 Å². The predicted octanol–water partition coefficient (Wildman–Crippen LogP) is 0.430. The van der Waals surface area contributed by atoms with E-state index >= 15 is 0 Å². The van der Waals surface area contributed by atoms with E-state index in [1.54, 1.807) is 29.4 Å². The number of imidazole rings is 1. The summed E-state index contributed by atoms with van der Waals surface area (Å²) in [6, 6.07) is 5.38. The molecule has 1 aromatic heterocycles. The van der Waals surface area contributed by atoms with Crippen LogP contribution < -0.4 is 11.5 Å². The molecule has 16 heavy (non-hydrogen) atoms. The first-order valence-corrected chi connectivity index (χ1v) is 4.83. The first-order chi connectivity index (χ1) is 7.72. The van der Waals surface area contributed by atoms with E-state index in [2.05, 4.69) is 4.98 Å². The molecule has 4 N–H and O–H groups in total. The molecule has 0 aliphatic heterocycles. The highest BCUT2D eigenvalue weighted by atomic mass is 16.1. The maximum Gasteiger partial charge on any atom is 0.250 e. The van der Waals surface area contributed by atoms with Crippen molar-refractivity contribution in [2.75, 3.05) is 0 Å². The highest BCUT2D eigenvalue weighted by molar-refractivity contribution is 5.96. The summed E-state index contributed by atoms with van der Waals surface area (Å²) < 4.78 is 1.74. The van der Waals surface area contributed by atoms with Crippen molar-refractivity contribution in [3.05, 3.63) is 48.0 Å². The standard InChI is InChI=1S/C11H12N4O/c12-6-8-1-2-10(9(5-8)11(13)16)15-4-3-14-7-15/h1-5,7H,6,12H2,(H2,13,16). The Kier molecular flexibility index (Phi) is 2.70. The minimum absolute atomic E-state index is 0.379. The molecule has 0 atom stereocenters. The van der Waals surface area contributed by atoms with Crippen molar-refractivity contribution in [3.63, 3.8) is 0 Å². The third-order valence-electron chi connectivity index (χ3n) is 2.34. The second-order valence-corrected chi connectivity index (χ2v) is 3.39. The van der Waals surface area contributed by atoms with Gasteiger partial charge >= 0.3 is 0 Å². The summed E-state index contributed by atoms with van der Waals surface area (Å²) in [6.07, 6.45) is 5.01. The monoisotopic (exact) mass is 216 g/mol. The van der Waals surface area contributed by atoms with E-state index < -0.39 is 5.91 Å². The van der Waals surface area contributed by atoms with Crippen molar-refractivity contribution in [2.24, 2.45) is 11.5 Å². The van der Waals surface area contributed by atoms with Gasteiger partial charge < -0.3 is 16.0 Å². The van der Waals surface area contributed by atoms with Gasteiger partial charge in [-0.05, 0) is 17.7 Å². The molecule has 5 nitrogen and oxygen atoms in total. The maximum atomic E-state index is 11.3. The van der Waals surface area contributed by atoms with Crippen molar-refractivity contribution in [1.29, 1.82) is 0 Å². The summed E-state index contributed by atoms with van der Waals surface area (Å²) in [5.41, 5.74) is 12.9. The van der Waals surface area contributed by atoms with E-state index in [0.29, 0.717) is 17.8 Å². The fraction of sp³-hybridized carbons (Fsp3) is 0.0909. The van der Waals surface area contributed by atoms with Gasteiger partial charge in [0.15, 0.2) is 0 Å². The second-order valence-electron chi connectivity index (χ2n) is 3.39. The SMILES string of the molecule is NCc1ccc(-n2ccnc2)c(C(N)=O)c1. The van der Waals surface area contributed by atoms with Gasteiger partial charge in [-0.2, -0.15) is 0 Å². The van der Waals surface area contributed by atoms with Crippen molar-refractivity contribution in [3.8, 4) is 5.69 Å². The highest BCUT2D eigenvalue weighted by Crippen LogP contribution is 2.16. The molecule has 0 aliphatic rings. The van der Waals surface area contributed by atoms with E-state index in [4.69, 9.17) is 11.5 Å². The second kappa shape index (κ2) is 4.16. The molecule has 1 heterocycles. The Morgan fingerprint density at radius 3 is 2.81 bits per heavy atom. The molecular weight excluding hydrogens is 204 g/mol. The average Bonchev–Trinajstić information content (AvgIpc) is 2.81. The molecule has 2 aromatic rings. The number of nitrogens with two attached hydrogens (primary N) is 2. The Balaban J connectivity index is 2.57. The van der Waals surface area contributed by atoms with Crippen LogP contribution in [0.15, 0.2) is 36.9 Å².